The first-order valence-corrected chi connectivity index (χ1v) is 21.2. The maximum Gasteiger partial charge on any atom is 0.325 e. The standard InChI is InChI=1S/C45H57F2N7O11/c1-24(2)36(50-40(60)31-16-15-26-11-8-9-14-30(26)48-31)42(62)49-32(17-18-34(56)57)41(61)51-37(25(3)4)44(64)53-20-19-27(21-45(5,6)7)38(53)43(63)52-54(22-35(58)59)33(55)23-65-39-28(46)12-10-13-29(39)47/h8-16,24-25,27,32,36-38H,17-23H2,1-7H3,(H,49,62)(H,50,60)(H,51,61)(H,52,63)(H,56,57)(H,58,59)/t27-,32-,36-,37-,38?/m0/s1. The molecule has 6 amide bonds. The van der Waals surface area contributed by atoms with Crippen LogP contribution in [0, 0.1) is 34.8 Å². The summed E-state index contributed by atoms with van der Waals surface area (Å²) >= 11 is 0. The molecular formula is C45H57F2N7O11. The predicted molar refractivity (Wildman–Crippen MR) is 230 cm³/mol. The Balaban J connectivity index is 1.56. The molecule has 1 saturated heterocycles. The van der Waals surface area contributed by atoms with Crippen LogP contribution >= 0.6 is 0 Å². The molecule has 2 heterocycles. The lowest BCUT2D eigenvalue weighted by Crippen LogP contribution is -2.61. The van der Waals surface area contributed by atoms with Gasteiger partial charge in [-0.2, -0.15) is 0 Å². The number of carboxylic acid groups (broad SMARTS) is 2. The van der Waals surface area contributed by atoms with Gasteiger partial charge < -0.3 is 35.8 Å². The Kier molecular flexibility index (Phi) is 17.4. The lowest BCUT2D eigenvalue weighted by Gasteiger charge is -2.35. The van der Waals surface area contributed by atoms with E-state index in [4.69, 9.17) is 4.74 Å². The number of rotatable bonds is 19. The van der Waals surface area contributed by atoms with Crippen LogP contribution < -0.4 is 26.1 Å². The number of ether oxygens (including phenoxy) is 1. The molecule has 1 aliphatic heterocycles. The summed E-state index contributed by atoms with van der Waals surface area (Å²) in [4.78, 5) is 112. The van der Waals surface area contributed by atoms with Crippen molar-refractivity contribution >= 4 is 58.3 Å². The number of para-hydroxylation sites is 2. The Hall–Kier alpha value is -6.73. The van der Waals surface area contributed by atoms with Gasteiger partial charge in [0.1, 0.15) is 36.4 Å². The minimum Gasteiger partial charge on any atom is -0.481 e. The zero-order valence-electron chi connectivity index (χ0n) is 37.4. The summed E-state index contributed by atoms with van der Waals surface area (Å²) in [7, 11) is 0. The summed E-state index contributed by atoms with van der Waals surface area (Å²) < 4.78 is 33.4. The first kappa shape index (κ1) is 50.9. The van der Waals surface area contributed by atoms with Gasteiger partial charge >= 0.3 is 11.9 Å². The molecule has 65 heavy (non-hydrogen) atoms. The molecule has 4 rings (SSSR count). The molecule has 352 valence electrons. The second kappa shape index (κ2) is 22.3. The number of aromatic nitrogens is 1. The Bertz CT molecular complexity index is 2250. The van der Waals surface area contributed by atoms with Crippen LogP contribution in [0.5, 0.6) is 5.75 Å². The first-order chi connectivity index (χ1) is 30.5. The second-order valence-electron chi connectivity index (χ2n) is 17.8. The first-order valence-electron chi connectivity index (χ1n) is 21.2. The summed E-state index contributed by atoms with van der Waals surface area (Å²) in [6.07, 6.45) is -0.298. The van der Waals surface area contributed by atoms with Crippen molar-refractivity contribution in [2.75, 3.05) is 19.7 Å². The van der Waals surface area contributed by atoms with E-state index in [0.29, 0.717) is 16.9 Å². The quantitative estimate of drug-likeness (QED) is 0.0947. The number of hydrogen-bond acceptors (Lipinski definition) is 10. The highest BCUT2D eigenvalue weighted by Crippen LogP contribution is 2.36. The third kappa shape index (κ3) is 14.1. The van der Waals surface area contributed by atoms with Crippen LogP contribution in [0.1, 0.15) is 84.6 Å². The third-order valence-electron chi connectivity index (χ3n) is 10.6. The van der Waals surface area contributed by atoms with Crippen LogP contribution in [0.2, 0.25) is 0 Å². The molecule has 1 aromatic heterocycles. The Morgan fingerprint density at radius 3 is 2.08 bits per heavy atom. The highest BCUT2D eigenvalue weighted by atomic mass is 19.1. The van der Waals surface area contributed by atoms with Crippen molar-refractivity contribution in [2.45, 2.75) is 98.3 Å². The number of carbonyl (C=O) groups excluding carboxylic acids is 6. The fraction of sp³-hybridized carbons (Fsp3) is 0.489. The molecule has 1 fully saturated rings. The minimum atomic E-state index is -1.56. The number of fused-ring (bicyclic) bond motifs is 1. The topological polar surface area (TPSA) is 254 Å². The largest absolute Gasteiger partial charge is 0.481 e. The van der Waals surface area contributed by atoms with Crippen LogP contribution in [0.3, 0.4) is 0 Å². The average Bonchev–Trinajstić information content (AvgIpc) is 3.63. The Morgan fingerprint density at radius 2 is 1.48 bits per heavy atom. The van der Waals surface area contributed by atoms with E-state index < -0.39 is 138 Å². The van der Waals surface area contributed by atoms with Gasteiger partial charge in [0, 0.05) is 18.4 Å². The number of aliphatic carboxylic acids is 2. The molecule has 0 aliphatic carbocycles. The number of nitrogens with zero attached hydrogens (tertiary/aromatic N) is 3. The van der Waals surface area contributed by atoms with Crippen molar-refractivity contribution in [3.8, 4) is 5.75 Å². The van der Waals surface area contributed by atoms with Gasteiger partial charge in [-0.05, 0) is 66.7 Å². The fourth-order valence-corrected chi connectivity index (χ4v) is 7.50. The van der Waals surface area contributed by atoms with Crippen molar-refractivity contribution in [3.05, 3.63) is 71.9 Å². The number of pyridine rings is 1. The monoisotopic (exact) mass is 909 g/mol. The molecule has 0 spiro atoms. The maximum atomic E-state index is 14.5. The summed E-state index contributed by atoms with van der Waals surface area (Å²) in [6.45, 7) is 10.1. The number of amides is 6. The molecule has 6 N–H and O–H groups in total. The molecule has 5 atom stereocenters. The van der Waals surface area contributed by atoms with Crippen LogP contribution in [0.4, 0.5) is 8.78 Å². The van der Waals surface area contributed by atoms with Crippen molar-refractivity contribution in [3.63, 3.8) is 0 Å². The van der Waals surface area contributed by atoms with Crippen LogP contribution in [-0.4, -0.2) is 116 Å². The zero-order chi connectivity index (χ0) is 48.3. The molecule has 1 aliphatic rings. The van der Waals surface area contributed by atoms with Crippen molar-refractivity contribution in [1.29, 1.82) is 0 Å². The van der Waals surface area contributed by atoms with Crippen molar-refractivity contribution in [1.82, 2.24) is 36.3 Å². The van der Waals surface area contributed by atoms with Crippen LogP contribution in [0.25, 0.3) is 10.9 Å². The SMILES string of the molecule is CC(C)[C@H](NC(=O)c1ccc2ccccc2n1)C(=O)N[C@@H](CCC(=O)O)C(=O)N[C@H](C(=O)N1CC[C@@H](CC(C)(C)C)C1C(=O)NN(CC(=O)O)C(=O)COc1c(F)cccc1F)C(C)C. The number of hydrogen-bond donors (Lipinski definition) is 6. The van der Waals surface area contributed by atoms with E-state index in [2.05, 4.69) is 26.4 Å². The molecular weight excluding hydrogens is 853 g/mol. The Morgan fingerprint density at radius 1 is 0.831 bits per heavy atom. The zero-order valence-corrected chi connectivity index (χ0v) is 37.4. The summed E-state index contributed by atoms with van der Waals surface area (Å²) in [5.74, 6) is -13.0. The average molecular weight is 910 g/mol. The lowest BCUT2D eigenvalue weighted by atomic mass is 9.81. The van der Waals surface area contributed by atoms with Gasteiger partial charge in [-0.1, -0.05) is 78.8 Å². The van der Waals surface area contributed by atoms with E-state index in [1.807, 2.05) is 32.9 Å². The molecule has 18 nitrogen and oxygen atoms in total. The van der Waals surface area contributed by atoms with Gasteiger partial charge in [-0.3, -0.25) is 43.8 Å². The highest BCUT2D eigenvalue weighted by molar-refractivity contribution is 5.99. The van der Waals surface area contributed by atoms with Crippen molar-refractivity contribution in [2.24, 2.45) is 23.2 Å². The molecule has 0 radical (unpaired) electrons. The van der Waals surface area contributed by atoms with E-state index in [1.54, 1.807) is 45.9 Å². The van der Waals surface area contributed by atoms with E-state index in [9.17, 15) is 57.4 Å². The van der Waals surface area contributed by atoms with Gasteiger partial charge in [-0.15, -0.1) is 0 Å². The number of halogens is 2. The number of carbonyl (C=O) groups is 8. The normalized spacial score (nSPS) is 16.3. The smallest absolute Gasteiger partial charge is 0.325 e. The molecule has 3 aromatic rings. The predicted octanol–water partition coefficient (Wildman–Crippen LogP) is 3.43. The number of benzene rings is 2. The van der Waals surface area contributed by atoms with Gasteiger partial charge in [0.05, 0.1) is 5.52 Å². The van der Waals surface area contributed by atoms with E-state index >= 15 is 0 Å². The molecule has 1 unspecified atom stereocenters. The summed E-state index contributed by atoms with van der Waals surface area (Å²) in [5.41, 5.74) is 2.45. The van der Waals surface area contributed by atoms with E-state index in [-0.39, 0.29) is 18.7 Å². The van der Waals surface area contributed by atoms with E-state index in [1.165, 1.54) is 11.0 Å². The number of hydrazine groups is 1. The summed E-state index contributed by atoms with van der Waals surface area (Å²) in [6, 6.07) is 7.79. The highest BCUT2D eigenvalue weighted by Gasteiger charge is 2.46. The maximum absolute atomic E-state index is 14.5. The molecule has 0 bridgehead atoms. The Labute approximate surface area is 374 Å². The van der Waals surface area contributed by atoms with E-state index in [0.717, 1.165) is 23.6 Å². The number of carboxylic acids is 2. The number of likely N-dealkylation sites (tertiary alicyclic amines) is 1. The molecule has 20 heteroatoms. The van der Waals surface area contributed by atoms with Crippen LogP contribution in [-0.2, 0) is 33.6 Å². The lowest BCUT2D eigenvalue weighted by molar-refractivity contribution is -0.154. The van der Waals surface area contributed by atoms with Crippen LogP contribution in [0.15, 0.2) is 54.6 Å². The molecule has 2 aromatic carbocycles. The van der Waals surface area contributed by atoms with Crippen molar-refractivity contribution < 1.29 is 62.1 Å². The second-order valence-corrected chi connectivity index (χ2v) is 17.8. The minimum absolute atomic E-state index is 0.000314. The van der Waals surface area contributed by atoms with Gasteiger partial charge in [0.25, 0.3) is 17.7 Å². The fourth-order valence-electron chi connectivity index (χ4n) is 7.50. The number of nitrogens with one attached hydrogen (secondary N) is 4. The molecule has 0 saturated carbocycles. The van der Waals surface area contributed by atoms with Gasteiger partial charge in [0.15, 0.2) is 24.0 Å². The van der Waals surface area contributed by atoms with Gasteiger partial charge in [0.2, 0.25) is 17.7 Å². The van der Waals surface area contributed by atoms with Gasteiger partial charge in [-0.25, -0.2) is 18.8 Å². The third-order valence-corrected chi connectivity index (χ3v) is 10.6. The summed E-state index contributed by atoms with van der Waals surface area (Å²) in [5, 5.41) is 28.2.